The van der Waals surface area contributed by atoms with Gasteiger partial charge in [0.25, 0.3) is 0 Å². The molecule has 0 saturated carbocycles. The topological polar surface area (TPSA) is 150 Å². The quantitative estimate of drug-likeness (QED) is 0.453. The zero-order valence-corrected chi connectivity index (χ0v) is 11.3. The van der Waals surface area contributed by atoms with E-state index in [1.54, 1.807) is 13.8 Å². The van der Waals surface area contributed by atoms with E-state index in [1.807, 2.05) is 0 Å². The number of urea groups is 1. The van der Waals surface area contributed by atoms with Crippen LogP contribution in [0.3, 0.4) is 0 Å². The molecule has 0 aliphatic rings. The first-order chi connectivity index (χ1) is 9.13. The molecule has 1 unspecified atom stereocenters. The first-order valence-electron chi connectivity index (χ1n) is 5.91. The number of nitrogens with zero attached hydrogens (tertiary/aromatic N) is 1. The zero-order valence-electron chi connectivity index (χ0n) is 11.3. The van der Waals surface area contributed by atoms with Crippen LogP contribution in [-0.2, 0) is 14.4 Å². The smallest absolute Gasteiger partial charge is 0.326 e. The van der Waals surface area contributed by atoms with Crippen molar-refractivity contribution in [2.24, 2.45) is 11.7 Å². The molecule has 9 heteroatoms. The van der Waals surface area contributed by atoms with Crippen LogP contribution in [0.25, 0.3) is 0 Å². The molecule has 0 saturated heterocycles. The summed E-state index contributed by atoms with van der Waals surface area (Å²) < 4.78 is 0. The van der Waals surface area contributed by atoms with Gasteiger partial charge in [0.1, 0.15) is 12.6 Å². The van der Waals surface area contributed by atoms with Crippen LogP contribution in [0.4, 0.5) is 4.79 Å². The van der Waals surface area contributed by atoms with Gasteiger partial charge in [0.15, 0.2) is 0 Å². The van der Waals surface area contributed by atoms with Gasteiger partial charge in [-0.1, -0.05) is 13.8 Å². The van der Waals surface area contributed by atoms with Gasteiger partial charge in [-0.2, -0.15) is 0 Å². The third kappa shape index (κ3) is 7.19. The van der Waals surface area contributed by atoms with Crippen molar-refractivity contribution >= 4 is 23.9 Å². The van der Waals surface area contributed by atoms with Crippen LogP contribution < -0.4 is 11.1 Å². The zero-order chi connectivity index (χ0) is 15.9. The largest absolute Gasteiger partial charge is 0.481 e. The molecule has 0 radical (unpaired) electrons. The molecule has 0 aliphatic heterocycles. The summed E-state index contributed by atoms with van der Waals surface area (Å²) >= 11 is 0. The third-order valence-corrected chi connectivity index (χ3v) is 2.19. The minimum atomic E-state index is -1.57. The van der Waals surface area contributed by atoms with Crippen LogP contribution in [0.5, 0.6) is 0 Å². The first-order valence-corrected chi connectivity index (χ1v) is 5.91. The molecule has 0 aliphatic carbocycles. The Labute approximate surface area is 115 Å². The Morgan fingerprint density at radius 2 is 1.75 bits per heavy atom. The summed E-state index contributed by atoms with van der Waals surface area (Å²) in [6, 6.07) is -2.41. The van der Waals surface area contributed by atoms with Crippen LogP contribution >= 0.6 is 0 Å². The van der Waals surface area contributed by atoms with Gasteiger partial charge in [-0.3, -0.25) is 9.59 Å². The molecular formula is C11H19N3O6. The number of nitrogens with two attached hydrogens (primary N) is 1. The number of rotatable bonds is 8. The second-order valence-electron chi connectivity index (χ2n) is 4.68. The van der Waals surface area contributed by atoms with E-state index >= 15 is 0 Å². The number of carboxylic acids is 2. The molecule has 9 nitrogen and oxygen atoms in total. The molecule has 114 valence electrons. The minimum absolute atomic E-state index is 0.0304. The van der Waals surface area contributed by atoms with Gasteiger partial charge >= 0.3 is 18.0 Å². The summed E-state index contributed by atoms with van der Waals surface area (Å²) in [6.07, 6.45) is -0.757. The predicted octanol–water partition coefficient (Wildman–Crippen LogP) is -0.933. The van der Waals surface area contributed by atoms with Gasteiger partial charge in [-0.05, 0) is 5.92 Å². The summed E-state index contributed by atoms with van der Waals surface area (Å²) in [6.45, 7) is 3.41. The maximum absolute atomic E-state index is 11.9. The average Bonchev–Trinajstić information content (AvgIpc) is 2.24. The van der Waals surface area contributed by atoms with Crippen LogP contribution in [0.2, 0.25) is 0 Å². The fraction of sp³-hybridized carbons (Fsp3) is 0.636. The van der Waals surface area contributed by atoms with Crippen molar-refractivity contribution in [2.45, 2.75) is 26.3 Å². The Bertz CT molecular complexity index is 396. The Hall–Kier alpha value is -2.32. The van der Waals surface area contributed by atoms with Crippen molar-refractivity contribution in [3.63, 3.8) is 0 Å². The van der Waals surface area contributed by atoms with E-state index in [-0.39, 0.29) is 19.0 Å². The molecule has 0 bridgehead atoms. The molecule has 1 atom stereocenters. The summed E-state index contributed by atoms with van der Waals surface area (Å²) in [5.74, 6) is -3.54. The fourth-order valence-corrected chi connectivity index (χ4v) is 1.46. The van der Waals surface area contributed by atoms with Crippen molar-refractivity contribution in [1.29, 1.82) is 0 Å². The van der Waals surface area contributed by atoms with E-state index in [2.05, 4.69) is 5.32 Å². The van der Waals surface area contributed by atoms with E-state index in [0.717, 1.165) is 4.90 Å². The second kappa shape index (κ2) is 7.97. The van der Waals surface area contributed by atoms with Gasteiger partial charge in [0.05, 0.1) is 6.42 Å². The summed E-state index contributed by atoms with van der Waals surface area (Å²) in [5.41, 5.74) is 5.01. The maximum atomic E-state index is 11.9. The van der Waals surface area contributed by atoms with Crippen LogP contribution in [0.15, 0.2) is 0 Å². The highest BCUT2D eigenvalue weighted by atomic mass is 16.4. The fourth-order valence-electron chi connectivity index (χ4n) is 1.46. The van der Waals surface area contributed by atoms with Crippen molar-refractivity contribution in [3.05, 3.63) is 0 Å². The normalized spacial score (nSPS) is 11.8. The number of carboxylic acid groups (broad SMARTS) is 2. The van der Waals surface area contributed by atoms with E-state index in [1.165, 1.54) is 0 Å². The summed E-state index contributed by atoms with van der Waals surface area (Å²) in [4.78, 5) is 45.2. The molecule has 20 heavy (non-hydrogen) atoms. The number of amides is 3. The minimum Gasteiger partial charge on any atom is -0.481 e. The van der Waals surface area contributed by atoms with Gasteiger partial charge in [0, 0.05) is 6.54 Å². The highest BCUT2D eigenvalue weighted by Crippen LogP contribution is 2.01. The Morgan fingerprint density at radius 3 is 2.10 bits per heavy atom. The van der Waals surface area contributed by atoms with E-state index in [9.17, 15) is 19.2 Å². The maximum Gasteiger partial charge on any atom is 0.326 e. The lowest BCUT2D eigenvalue weighted by atomic mass is 10.2. The number of hydrogen-bond acceptors (Lipinski definition) is 4. The molecule has 5 N–H and O–H groups in total. The van der Waals surface area contributed by atoms with Crippen LogP contribution in [-0.4, -0.2) is 58.1 Å². The van der Waals surface area contributed by atoms with Crippen LogP contribution in [0.1, 0.15) is 20.3 Å². The van der Waals surface area contributed by atoms with E-state index in [0.29, 0.717) is 0 Å². The molecule has 3 amide bonds. The number of carbonyl (C=O) groups excluding carboxylic acids is 2. The van der Waals surface area contributed by atoms with Gasteiger partial charge < -0.3 is 26.2 Å². The van der Waals surface area contributed by atoms with Crippen molar-refractivity contribution in [3.8, 4) is 0 Å². The number of nitrogens with one attached hydrogen (secondary N) is 1. The molecule has 0 heterocycles. The number of carbonyl (C=O) groups is 4. The van der Waals surface area contributed by atoms with E-state index < -0.39 is 36.3 Å². The van der Waals surface area contributed by atoms with E-state index in [4.69, 9.17) is 15.9 Å². The molecule has 0 fully saturated rings. The summed E-state index contributed by atoms with van der Waals surface area (Å²) in [7, 11) is 0. The molecule has 0 aromatic heterocycles. The van der Waals surface area contributed by atoms with Crippen molar-refractivity contribution in [2.75, 3.05) is 13.1 Å². The Morgan fingerprint density at radius 1 is 1.20 bits per heavy atom. The molecule has 0 rings (SSSR count). The van der Waals surface area contributed by atoms with Crippen LogP contribution in [0, 0.1) is 5.92 Å². The van der Waals surface area contributed by atoms with Crippen molar-refractivity contribution in [1.82, 2.24) is 10.2 Å². The molecule has 0 aromatic carbocycles. The Balaban J connectivity index is 4.81. The first kappa shape index (κ1) is 17.7. The van der Waals surface area contributed by atoms with Gasteiger partial charge in [-0.25, -0.2) is 9.59 Å². The second-order valence-corrected chi connectivity index (χ2v) is 4.68. The SMILES string of the molecule is CC(C)CN(CC(N)=O)C(=O)NC(CC(=O)O)C(=O)O. The molecule has 0 aromatic rings. The third-order valence-electron chi connectivity index (χ3n) is 2.19. The van der Waals surface area contributed by atoms with Crippen molar-refractivity contribution < 1.29 is 29.4 Å². The summed E-state index contributed by atoms with van der Waals surface area (Å²) in [5, 5.41) is 19.5. The highest BCUT2D eigenvalue weighted by molar-refractivity contribution is 5.88. The number of primary amides is 1. The number of hydrogen-bond donors (Lipinski definition) is 4. The number of aliphatic carboxylic acids is 2. The monoisotopic (exact) mass is 289 g/mol. The lowest BCUT2D eigenvalue weighted by molar-refractivity contribution is -0.145. The predicted molar refractivity (Wildman–Crippen MR) is 67.8 cm³/mol. The Kier molecular flexibility index (Phi) is 7.05. The van der Waals surface area contributed by atoms with Gasteiger partial charge in [-0.15, -0.1) is 0 Å². The lowest BCUT2D eigenvalue weighted by Gasteiger charge is -2.25. The molecule has 0 spiro atoms. The molecular weight excluding hydrogens is 270 g/mol. The van der Waals surface area contributed by atoms with Gasteiger partial charge in [0.2, 0.25) is 5.91 Å². The highest BCUT2D eigenvalue weighted by Gasteiger charge is 2.26. The average molecular weight is 289 g/mol. The lowest BCUT2D eigenvalue weighted by Crippen LogP contribution is -2.51. The standard InChI is InChI=1S/C11H19N3O6/c1-6(2)4-14(5-8(12)15)11(20)13-7(10(18)19)3-9(16)17/h6-7H,3-5H2,1-2H3,(H2,12,15)(H,13,20)(H,16,17)(H,18,19).